The summed E-state index contributed by atoms with van der Waals surface area (Å²) in [5.74, 6) is -0.0218. The molecule has 90 valence electrons. The van der Waals surface area contributed by atoms with Gasteiger partial charge in [-0.25, -0.2) is 0 Å². The molecule has 0 aromatic heterocycles. The van der Waals surface area contributed by atoms with E-state index < -0.39 is 0 Å². The van der Waals surface area contributed by atoms with Gasteiger partial charge in [-0.3, -0.25) is 4.79 Å². The number of hydrogen-bond donors (Lipinski definition) is 0. The van der Waals surface area contributed by atoms with Gasteiger partial charge in [0.2, 0.25) is 0 Å². The van der Waals surface area contributed by atoms with Gasteiger partial charge in [-0.1, -0.05) is 18.2 Å². The van der Waals surface area contributed by atoms with Crippen molar-refractivity contribution in [2.45, 2.75) is 6.92 Å². The summed E-state index contributed by atoms with van der Waals surface area (Å²) in [4.78, 5) is 15.4. The maximum atomic E-state index is 12.2. The monoisotopic (exact) mass is 238 g/mol. The molecule has 0 radical (unpaired) electrons. The van der Waals surface area contributed by atoms with Crippen LogP contribution in [0.25, 0.3) is 0 Å². The minimum absolute atomic E-state index is 0. The van der Waals surface area contributed by atoms with E-state index in [1.165, 1.54) is 0 Å². The number of benzene rings is 1. The molecule has 0 spiro atoms. The van der Waals surface area contributed by atoms with E-state index >= 15 is 0 Å². The van der Waals surface area contributed by atoms with Crippen LogP contribution < -0.4 is 24.0 Å². The van der Waals surface area contributed by atoms with Crippen molar-refractivity contribution in [2.24, 2.45) is 0 Å². The van der Waals surface area contributed by atoms with Crippen LogP contribution in [0, 0.1) is 0 Å². The molecular formula is C13H15LiN2O2. The zero-order valence-electron chi connectivity index (χ0n) is 11.0. The Balaban J connectivity index is 0.00000162. The van der Waals surface area contributed by atoms with Crippen LogP contribution in [0.5, 0.6) is 0 Å². The van der Waals surface area contributed by atoms with E-state index in [4.69, 9.17) is 0 Å². The molecule has 5 heteroatoms. The Kier molecular flexibility index (Phi) is 4.89. The summed E-state index contributed by atoms with van der Waals surface area (Å²) in [5, 5.41) is 11.6. The third kappa shape index (κ3) is 2.90. The molecular weight excluding hydrogens is 223 g/mol. The van der Waals surface area contributed by atoms with Gasteiger partial charge in [-0.05, 0) is 30.5 Å². The van der Waals surface area contributed by atoms with Crippen molar-refractivity contribution in [2.75, 3.05) is 20.3 Å². The minimum atomic E-state index is -0.0377. The van der Waals surface area contributed by atoms with Gasteiger partial charge in [0.15, 0.2) is 0 Å². The fraction of sp³-hybridized carbons (Fsp3) is 0.308. The first-order valence-corrected chi connectivity index (χ1v) is 5.52. The number of nitrogens with zero attached hydrogens (tertiary/aromatic N) is 2. The Morgan fingerprint density at radius 3 is 2.44 bits per heavy atom. The maximum Gasteiger partial charge on any atom is 1.00 e. The molecule has 2 rings (SSSR count). The van der Waals surface area contributed by atoms with Gasteiger partial charge >= 0.3 is 18.9 Å². The Hall–Kier alpha value is -1.37. The molecule has 1 aromatic carbocycles. The Morgan fingerprint density at radius 2 is 1.89 bits per heavy atom. The van der Waals surface area contributed by atoms with Gasteiger partial charge in [-0.2, -0.15) is 0 Å². The average Bonchev–Trinajstić information content (AvgIpc) is 2.35. The van der Waals surface area contributed by atoms with Gasteiger partial charge in [0.1, 0.15) is 0 Å². The van der Waals surface area contributed by atoms with Crippen molar-refractivity contribution in [1.29, 1.82) is 0 Å². The van der Waals surface area contributed by atoms with Crippen molar-refractivity contribution in [3.63, 3.8) is 0 Å². The average molecular weight is 238 g/mol. The predicted molar refractivity (Wildman–Crippen MR) is 62.8 cm³/mol. The number of amides is 1. The number of hydrogen-bond acceptors (Lipinski definition) is 3. The fourth-order valence-electron chi connectivity index (χ4n) is 1.95. The molecule has 1 aromatic rings. The normalized spacial score (nSPS) is 15.4. The quantitative estimate of drug-likeness (QED) is 0.514. The number of carbonyl (C=O) groups excluding carboxylic acids is 1. The zero-order valence-corrected chi connectivity index (χ0v) is 11.0. The molecule has 0 saturated carbocycles. The van der Waals surface area contributed by atoms with Crippen LogP contribution in [0.3, 0.4) is 0 Å². The van der Waals surface area contributed by atoms with Crippen molar-refractivity contribution in [1.82, 2.24) is 9.80 Å². The van der Waals surface area contributed by atoms with E-state index in [1.807, 2.05) is 18.2 Å². The summed E-state index contributed by atoms with van der Waals surface area (Å²) in [5.41, 5.74) is 1.35. The van der Waals surface area contributed by atoms with E-state index in [0.717, 1.165) is 0 Å². The second-order valence-electron chi connectivity index (χ2n) is 4.29. The second-order valence-corrected chi connectivity index (χ2v) is 4.29. The van der Waals surface area contributed by atoms with Gasteiger partial charge < -0.3 is 14.9 Å². The van der Waals surface area contributed by atoms with Crippen LogP contribution in [0.2, 0.25) is 0 Å². The van der Waals surface area contributed by atoms with Crippen molar-refractivity contribution in [3.05, 3.63) is 47.4 Å². The molecule has 0 fully saturated rings. The summed E-state index contributed by atoms with van der Waals surface area (Å²) < 4.78 is 0. The standard InChI is InChI=1S/C13H16N2O2.Li/c1-10-8-15(9-14(2)12(10)16)13(17)11-6-4-3-5-7-11;/h3-7,16H,8-9H2,1-2H3;/q;+1/p-1. The van der Waals surface area contributed by atoms with Crippen LogP contribution in [0.15, 0.2) is 41.8 Å². The molecule has 0 aliphatic carbocycles. The van der Waals surface area contributed by atoms with Gasteiger partial charge in [0.05, 0.1) is 6.67 Å². The van der Waals surface area contributed by atoms with Crippen LogP contribution in [0.1, 0.15) is 17.3 Å². The molecule has 1 aliphatic heterocycles. The third-order valence-corrected chi connectivity index (χ3v) is 2.83. The van der Waals surface area contributed by atoms with E-state index in [1.54, 1.807) is 35.9 Å². The van der Waals surface area contributed by atoms with E-state index in [9.17, 15) is 9.90 Å². The molecule has 0 N–H and O–H groups in total. The molecule has 4 nitrogen and oxygen atoms in total. The summed E-state index contributed by atoms with van der Waals surface area (Å²) >= 11 is 0. The van der Waals surface area contributed by atoms with E-state index in [-0.39, 0.29) is 30.7 Å². The molecule has 1 amide bonds. The molecule has 0 atom stereocenters. The van der Waals surface area contributed by atoms with Gasteiger partial charge in [-0.15, -0.1) is 0 Å². The molecule has 0 bridgehead atoms. The maximum absolute atomic E-state index is 12.2. The summed E-state index contributed by atoms with van der Waals surface area (Å²) in [7, 11) is 1.70. The summed E-state index contributed by atoms with van der Waals surface area (Å²) in [6.07, 6.45) is 0. The summed E-state index contributed by atoms with van der Waals surface area (Å²) in [6, 6.07) is 9.12. The first kappa shape index (κ1) is 14.7. The first-order valence-electron chi connectivity index (χ1n) is 5.52. The molecule has 0 unspecified atom stereocenters. The van der Waals surface area contributed by atoms with Crippen LogP contribution in [0.4, 0.5) is 0 Å². The third-order valence-electron chi connectivity index (χ3n) is 2.83. The smallest absolute Gasteiger partial charge is 0.860 e. The van der Waals surface area contributed by atoms with Crippen LogP contribution in [-0.4, -0.2) is 36.0 Å². The van der Waals surface area contributed by atoms with Crippen molar-refractivity contribution in [3.8, 4) is 0 Å². The molecule has 1 heterocycles. The predicted octanol–water partition coefficient (Wildman–Crippen LogP) is -2.37. The Bertz CT molecular complexity index is 459. The topological polar surface area (TPSA) is 46.6 Å². The largest absolute Gasteiger partial charge is 1.00 e. The van der Waals surface area contributed by atoms with E-state index in [2.05, 4.69) is 0 Å². The van der Waals surface area contributed by atoms with Crippen molar-refractivity contribution < 1.29 is 28.8 Å². The van der Waals surface area contributed by atoms with Gasteiger partial charge in [0.25, 0.3) is 5.91 Å². The zero-order chi connectivity index (χ0) is 12.4. The van der Waals surface area contributed by atoms with Crippen molar-refractivity contribution >= 4 is 5.91 Å². The Morgan fingerprint density at radius 1 is 1.28 bits per heavy atom. The molecule has 0 saturated heterocycles. The minimum Gasteiger partial charge on any atom is -0.860 e. The fourth-order valence-corrected chi connectivity index (χ4v) is 1.95. The number of rotatable bonds is 1. The van der Waals surface area contributed by atoms with E-state index in [0.29, 0.717) is 24.4 Å². The first-order chi connectivity index (χ1) is 8.09. The van der Waals surface area contributed by atoms with Crippen LogP contribution >= 0.6 is 0 Å². The molecule has 1 aliphatic rings. The second kappa shape index (κ2) is 5.99. The van der Waals surface area contributed by atoms with Crippen LogP contribution in [-0.2, 0) is 0 Å². The van der Waals surface area contributed by atoms with Gasteiger partial charge in [0, 0.05) is 19.2 Å². The summed E-state index contributed by atoms with van der Waals surface area (Å²) in [6.45, 7) is 2.53. The number of carbonyl (C=O) groups is 1. The Labute approximate surface area is 119 Å². The molecule has 18 heavy (non-hydrogen) atoms. The SMILES string of the molecule is CC1=C([O-])N(C)CN(C(=O)c2ccccc2)C1.[Li+].